The van der Waals surface area contributed by atoms with Crippen LogP contribution in [0.3, 0.4) is 0 Å². The molecule has 0 aliphatic rings. The SMILES string of the molecule is CC(CCNC(=O)N(C)C(C)CC#N)CCC(=O)O. The number of nitrogens with zero attached hydrogens (tertiary/aromatic N) is 2. The standard InChI is InChI=1S/C13H23N3O3/c1-10(4-5-12(17)18)7-9-15-13(19)16(3)11(2)6-8-14/h10-11H,4-7,9H2,1-3H3,(H,15,19)(H,17,18). The minimum atomic E-state index is -0.791. The van der Waals surface area contributed by atoms with Crippen molar-refractivity contribution in [3.05, 3.63) is 0 Å². The van der Waals surface area contributed by atoms with E-state index in [0.717, 1.165) is 6.42 Å². The van der Waals surface area contributed by atoms with Crippen molar-refractivity contribution >= 4 is 12.0 Å². The number of nitrogens with one attached hydrogen (secondary N) is 1. The molecule has 19 heavy (non-hydrogen) atoms. The zero-order valence-electron chi connectivity index (χ0n) is 11.8. The molecule has 2 atom stereocenters. The van der Waals surface area contributed by atoms with Crippen molar-refractivity contribution in [3.8, 4) is 6.07 Å². The number of nitriles is 1. The minimum absolute atomic E-state index is 0.116. The number of carboxylic acid groups (broad SMARTS) is 1. The van der Waals surface area contributed by atoms with Crippen LogP contribution in [0.15, 0.2) is 0 Å². The molecule has 6 nitrogen and oxygen atoms in total. The summed E-state index contributed by atoms with van der Waals surface area (Å²) >= 11 is 0. The van der Waals surface area contributed by atoms with E-state index in [9.17, 15) is 9.59 Å². The Morgan fingerprint density at radius 1 is 1.37 bits per heavy atom. The molecule has 0 fully saturated rings. The van der Waals surface area contributed by atoms with Gasteiger partial charge in [0, 0.05) is 26.1 Å². The van der Waals surface area contributed by atoms with E-state index in [1.807, 2.05) is 19.9 Å². The summed E-state index contributed by atoms with van der Waals surface area (Å²) in [5, 5.41) is 19.9. The summed E-state index contributed by atoms with van der Waals surface area (Å²) in [5.41, 5.74) is 0. The van der Waals surface area contributed by atoms with Crippen molar-refractivity contribution in [2.24, 2.45) is 5.92 Å². The number of hydrogen-bond donors (Lipinski definition) is 2. The van der Waals surface area contributed by atoms with Gasteiger partial charge in [0.1, 0.15) is 0 Å². The van der Waals surface area contributed by atoms with Gasteiger partial charge < -0.3 is 15.3 Å². The van der Waals surface area contributed by atoms with Crippen molar-refractivity contribution in [1.82, 2.24) is 10.2 Å². The fourth-order valence-electron chi connectivity index (χ4n) is 1.53. The maximum absolute atomic E-state index is 11.7. The molecule has 0 aromatic rings. The van der Waals surface area contributed by atoms with Crippen LogP contribution in [0, 0.1) is 17.2 Å². The Morgan fingerprint density at radius 2 is 2.00 bits per heavy atom. The third-order valence-electron chi connectivity index (χ3n) is 3.13. The lowest BCUT2D eigenvalue weighted by molar-refractivity contribution is -0.137. The molecule has 0 bridgehead atoms. The second-order valence-corrected chi connectivity index (χ2v) is 4.88. The maximum Gasteiger partial charge on any atom is 0.317 e. The quantitative estimate of drug-likeness (QED) is 0.702. The van der Waals surface area contributed by atoms with E-state index in [1.54, 1.807) is 7.05 Å². The first-order valence-electron chi connectivity index (χ1n) is 6.47. The molecule has 0 radical (unpaired) electrons. The van der Waals surface area contributed by atoms with E-state index in [4.69, 9.17) is 10.4 Å². The first-order chi connectivity index (χ1) is 8.88. The second-order valence-electron chi connectivity index (χ2n) is 4.88. The van der Waals surface area contributed by atoms with Crippen LogP contribution in [-0.2, 0) is 4.79 Å². The van der Waals surface area contributed by atoms with E-state index in [2.05, 4.69) is 5.32 Å². The van der Waals surface area contributed by atoms with Crippen LogP contribution >= 0.6 is 0 Å². The summed E-state index contributed by atoms with van der Waals surface area (Å²) in [6, 6.07) is 1.71. The Kier molecular flexibility index (Phi) is 8.34. The fraction of sp³-hybridized carbons (Fsp3) is 0.769. The monoisotopic (exact) mass is 269 g/mol. The van der Waals surface area contributed by atoms with Gasteiger partial charge in [0.15, 0.2) is 0 Å². The van der Waals surface area contributed by atoms with Gasteiger partial charge >= 0.3 is 12.0 Å². The molecule has 0 saturated heterocycles. The van der Waals surface area contributed by atoms with Gasteiger partial charge in [-0.3, -0.25) is 4.79 Å². The van der Waals surface area contributed by atoms with Crippen molar-refractivity contribution in [1.29, 1.82) is 5.26 Å². The summed E-state index contributed by atoms with van der Waals surface area (Å²) in [6.07, 6.45) is 1.83. The average molecular weight is 269 g/mol. The van der Waals surface area contributed by atoms with Gasteiger partial charge in [-0.1, -0.05) is 6.92 Å². The molecule has 0 aliphatic heterocycles. The lowest BCUT2D eigenvalue weighted by atomic mass is 10.0. The highest BCUT2D eigenvalue weighted by atomic mass is 16.4. The van der Waals surface area contributed by atoms with E-state index in [-0.39, 0.29) is 24.4 Å². The van der Waals surface area contributed by atoms with Crippen LogP contribution in [0.1, 0.15) is 39.5 Å². The Labute approximate surface area is 114 Å². The second kappa shape index (κ2) is 9.20. The van der Waals surface area contributed by atoms with Crippen LogP contribution in [-0.4, -0.2) is 41.6 Å². The molecule has 2 N–H and O–H groups in total. The van der Waals surface area contributed by atoms with E-state index < -0.39 is 5.97 Å². The van der Waals surface area contributed by atoms with Crippen molar-refractivity contribution in [2.45, 2.75) is 45.6 Å². The summed E-state index contributed by atoms with van der Waals surface area (Å²) in [7, 11) is 1.66. The Balaban J connectivity index is 3.85. The molecule has 0 spiro atoms. The first-order valence-corrected chi connectivity index (χ1v) is 6.47. The Hall–Kier alpha value is -1.77. The first kappa shape index (κ1) is 17.2. The lowest BCUT2D eigenvalue weighted by Gasteiger charge is -2.23. The van der Waals surface area contributed by atoms with E-state index in [0.29, 0.717) is 19.4 Å². The molecule has 6 heteroatoms. The number of hydrogen-bond acceptors (Lipinski definition) is 3. The zero-order valence-corrected chi connectivity index (χ0v) is 11.8. The van der Waals surface area contributed by atoms with Gasteiger partial charge in [0.2, 0.25) is 0 Å². The van der Waals surface area contributed by atoms with Gasteiger partial charge in [0.25, 0.3) is 0 Å². The molecular weight excluding hydrogens is 246 g/mol. The molecule has 2 unspecified atom stereocenters. The van der Waals surface area contributed by atoms with Gasteiger partial charge in [0.05, 0.1) is 12.5 Å². The Morgan fingerprint density at radius 3 is 2.53 bits per heavy atom. The predicted octanol–water partition coefficient (Wildman–Crippen LogP) is 1.82. The number of urea groups is 1. The largest absolute Gasteiger partial charge is 0.481 e. The van der Waals surface area contributed by atoms with Gasteiger partial charge in [-0.2, -0.15) is 5.26 Å². The normalized spacial score (nSPS) is 13.2. The van der Waals surface area contributed by atoms with Crippen LogP contribution < -0.4 is 5.32 Å². The number of amides is 2. The lowest BCUT2D eigenvalue weighted by Crippen LogP contribution is -2.42. The highest BCUT2D eigenvalue weighted by Gasteiger charge is 2.15. The third-order valence-corrected chi connectivity index (χ3v) is 3.13. The van der Waals surface area contributed by atoms with Gasteiger partial charge in [-0.15, -0.1) is 0 Å². The highest BCUT2D eigenvalue weighted by Crippen LogP contribution is 2.09. The van der Waals surface area contributed by atoms with Gasteiger partial charge in [-0.05, 0) is 25.7 Å². The molecule has 0 aromatic heterocycles. The smallest absolute Gasteiger partial charge is 0.317 e. The van der Waals surface area contributed by atoms with Crippen molar-refractivity contribution < 1.29 is 14.7 Å². The van der Waals surface area contributed by atoms with Crippen molar-refractivity contribution in [2.75, 3.05) is 13.6 Å². The zero-order chi connectivity index (χ0) is 14.8. The molecular formula is C13H23N3O3. The van der Waals surface area contributed by atoms with E-state index in [1.165, 1.54) is 4.90 Å². The van der Waals surface area contributed by atoms with Crippen LogP contribution in [0.2, 0.25) is 0 Å². The molecule has 0 heterocycles. The maximum atomic E-state index is 11.7. The Bertz CT molecular complexity index is 339. The summed E-state index contributed by atoms with van der Waals surface area (Å²) in [6.45, 7) is 4.30. The van der Waals surface area contributed by atoms with Gasteiger partial charge in [-0.25, -0.2) is 4.79 Å². The summed E-state index contributed by atoms with van der Waals surface area (Å²) in [5.74, 6) is -0.529. The number of carboxylic acids is 1. The van der Waals surface area contributed by atoms with Crippen LogP contribution in [0.4, 0.5) is 4.79 Å². The highest BCUT2D eigenvalue weighted by molar-refractivity contribution is 5.74. The van der Waals surface area contributed by atoms with Crippen LogP contribution in [0.5, 0.6) is 0 Å². The number of carbonyl (C=O) groups excluding carboxylic acids is 1. The van der Waals surface area contributed by atoms with E-state index >= 15 is 0 Å². The topological polar surface area (TPSA) is 93.4 Å². The third kappa shape index (κ3) is 8.03. The molecule has 0 aliphatic carbocycles. The molecule has 0 rings (SSSR count). The van der Waals surface area contributed by atoms with Crippen LogP contribution in [0.25, 0.3) is 0 Å². The average Bonchev–Trinajstić information content (AvgIpc) is 2.35. The molecule has 2 amide bonds. The number of carbonyl (C=O) groups is 2. The summed E-state index contributed by atoms with van der Waals surface area (Å²) < 4.78 is 0. The number of rotatable bonds is 8. The predicted molar refractivity (Wildman–Crippen MR) is 71.5 cm³/mol. The number of aliphatic carboxylic acids is 1. The minimum Gasteiger partial charge on any atom is -0.481 e. The summed E-state index contributed by atoms with van der Waals surface area (Å²) in [4.78, 5) is 23.6. The molecule has 0 aromatic carbocycles. The molecule has 0 saturated carbocycles. The fourth-order valence-corrected chi connectivity index (χ4v) is 1.53. The molecule has 108 valence electrons. The van der Waals surface area contributed by atoms with Crippen molar-refractivity contribution in [3.63, 3.8) is 0 Å².